The highest BCUT2D eigenvalue weighted by Crippen LogP contribution is 2.43. The Labute approximate surface area is 228 Å². The second-order valence-corrected chi connectivity index (χ2v) is 11.7. The number of anilines is 2. The van der Waals surface area contributed by atoms with Crippen molar-refractivity contribution in [3.63, 3.8) is 0 Å². The van der Waals surface area contributed by atoms with Gasteiger partial charge in [-0.15, -0.1) is 11.3 Å². The Hall–Kier alpha value is -3.51. The molecule has 0 spiro atoms. The molecule has 5 nitrogen and oxygen atoms in total. The Morgan fingerprint density at radius 1 is 1.05 bits per heavy atom. The van der Waals surface area contributed by atoms with Crippen LogP contribution in [0.1, 0.15) is 51.3 Å². The third-order valence-electron chi connectivity index (χ3n) is 7.58. The summed E-state index contributed by atoms with van der Waals surface area (Å²) < 4.78 is 11.6. The molecule has 1 amide bonds. The zero-order valence-electron chi connectivity index (χ0n) is 22.6. The van der Waals surface area contributed by atoms with Crippen molar-refractivity contribution in [2.75, 3.05) is 17.7 Å². The number of carbonyl (C=O) groups excluding carboxylic acids is 1. The molecule has 0 aliphatic heterocycles. The number of methoxy groups -OCH3 is 1. The highest BCUT2D eigenvalue weighted by molar-refractivity contribution is 7.17. The monoisotopic (exact) mass is 528 g/mol. The van der Waals surface area contributed by atoms with Crippen LogP contribution >= 0.6 is 11.3 Å². The van der Waals surface area contributed by atoms with Crippen LogP contribution in [0.15, 0.2) is 65.6 Å². The van der Waals surface area contributed by atoms with Gasteiger partial charge in [-0.25, -0.2) is 0 Å². The SMILES string of the molecule is C=C(OC)c1sc(-c2ccc(-c3cc4cc(N)ccc4o3)cc2)cc1N(C(=O)C1CCC(C)CC1)C(C)C. The molecule has 2 N–H and O–H groups in total. The molecule has 4 aromatic rings. The summed E-state index contributed by atoms with van der Waals surface area (Å²) >= 11 is 1.61. The second-order valence-electron chi connectivity index (χ2n) is 10.7. The topological polar surface area (TPSA) is 68.7 Å². The van der Waals surface area contributed by atoms with Gasteiger partial charge in [0.2, 0.25) is 5.91 Å². The fourth-order valence-electron chi connectivity index (χ4n) is 5.35. The van der Waals surface area contributed by atoms with Gasteiger partial charge in [0.25, 0.3) is 0 Å². The molecule has 1 fully saturated rings. The molecule has 5 rings (SSSR count). The number of hydrogen-bond acceptors (Lipinski definition) is 5. The number of amides is 1. The molecule has 0 saturated heterocycles. The fraction of sp³-hybridized carbons (Fsp3) is 0.344. The third-order valence-corrected chi connectivity index (χ3v) is 8.80. The van der Waals surface area contributed by atoms with Gasteiger partial charge in [0.05, 0.1) is 17.7 Å². The zero-order chi connectivity index (χ0) is 27.0. The fourth-order valence-corrected chi connectivity index (χ4v) is 6.46. The van der Waals surface area contributed by atoms with Crippen LogP contribution in [-0.2, 0) is 9.53 Å². The summed E-state index contributed by atoms with van der Waals surface area (Å²) in [5.74, 6) is 2.35. The molecule has 0 radical (unpaired) electrons. The summed E-state index contributed by atoms with van der Waals surface area (Å²) in [7, 11) is 1.63. The number of ether oxygens (including phenoxy) is 1. The lowest BCUT2D eigenvalue weighted by Crippen LogP contribution is -2.42. The predicted molar refractivity (Wildman–Crippen MR) is 159 cm³/mol. The number of nitrogens with zero attached hydrogens (tertiary/aromatic N) is 1. The lowest BCUT2D eigenvalue weighted by molar-refractivity contribution is -0.123. The highest BCUT2D eigenvalue weighted by Gasteiger charge is 2.32. The van der Waals surface area contributed by atoms with Crippen LogP contribution in [0.2, 0.25) is 0 Å². The number of rotatable bonds is 7. The lowest BCUT2D eigenvalue weighted by atomic mass is 9.82. The quantitative estimate of drug-likeness (QED) is 0.193. The Morgan fingerprint density at radius 2 is 1.74 bits per heavy atom. The summed E-state index contributed by atoms with van der Waals surface area (Å²) in [6, 6.07) is 18.1. The number of nitrogens with two attached hydrogens (primary N) is 1. The first kappa shape index (κ1) is 26.1. The van der Waals surface area contributed by atoms with E-state index in [1.54, 1.807) is 18.4 Å². The van der Waals surface area contributed by atoms with Crippen molar-refractivity contribution in [2.24, 2.45) is 11.8 Å². The number of benzene rings is 2. The molecule has 0 bridgehead atoms. The van der Waals surface area contributed by atoms with E-state index in [0.717, 1.165) is 69.0 Å². The summed E-state index contributed by atoms with van der Waals surface area (Å²) in [5.41, 5.74) is 10.4. The normalized spacial score (nSPS) is 17.6. The van der Waals surface area contributed by atoms with E-state index < -0.39 is 0 Å². The molecule has 6 heteroatoms. The maximum atomic E-state index is 13.8. The van der Waals surface area contributed by atoms with Gasteiger partial charge in [-0.2, -0.15) is 0 Å². The summed E-state index contributed by atoms with van der Waals surface area (Å²) in [4.78, 5) is 17.7. The Morgan fingerprint density at radius 3 is 2.39 bits per heavy atom. The Bertz CT molecular complexity index is 1460. The number of carbonyl (C=O) groups is 1. The summed E-state index contributed by atoms with van der Waals surface area (Å²) in [6.45, 7) is 10.6. The van der Waals surface area contributed by atoms with Gasteiger partial charge in [-0.1, -0.05) is 37.8 Å². The minimum absolute atomic E-state index is 0.0252. The predicted octanol–water partition coefficient (Wildman–Crippen LogP) is 8.60. The molecule has 0 unspecified atom stereocenters. The molecule has 1 aliphatic carbocycles. The van der Waals surface area contributed by atoms with Crippen molar-refractivity contribution in [1.82, 2.24) is 0 Å². The van der Waals surface area contributed by atoms with Crippen LogP contribution in [0.25, 0.3) is 38.5 Å². The van der Waals surface area contributed by atoms with Gasteiger partial charge in [-0.05, 0) is 81.3 Å². The van der Waals surface area contributed by atoms with Crippen LogP contribution < -0.4 is 10.6 Å². The Kier molecular flexibility index (Phi) is 7.35. The zero-order valence-corrected chi connectivity index (χ0v) is 23.4. The van der Waals surface area contributed by atoms with Crippen LogP contribution in [0.5, 0.6) is 0 Å². The van der Waals surface area contributed by atoms with Gasteiger partial charge in [0.1, 0.15) is 17.1 Å². The van der Waals surface area contributed by atoms with Crippen molar-refractivity contribution >= 4 is 45.3 Å². The van der Waals surface area contributed by atoms with Crippen LogP contribution in [-0.4, -0.2) is 19.1 Å². The van der Waals surface area contributed by atoms with E-state index in [0.29, 0.717) is 17.4 Å². The average Bonchev–Trinajstić information content (AvgIpc) is 3.53. The first-order valence-corrected chi connectivity index (χ1v) is 14.2. The van der Waals surface area contributed by atoms with Gasteiger partial charge in [0.15, 0.2) is 0 Å². The highest BCUT2D eigenvalue weighted by atomic mass is 32.1. The van der Waals surface area contributed by atoms with E-state index in [9.17, 15) is 4.79 Å². The summed E-state index contributed by atoms with van der Waals surface area (Å²) in [5, 5.41) is 0.987. The Balaban J connectivity index is 1.47. The molecule has 2 heterocycles. The number of thiophene rings is 1. The first-order chi connectivity index (χ1) is 18.2. The van der Waals surface area contributed by atoms with E-state index >= 15 is 0 Å². The molecule has 1 aliphatic rings. The van der Waals surface area contributed by atoms with Crippen molar-refractivity contribution in [3.05, 3.63) is 66.1 Å². The molecular formula is C32H36N2O3S. The molecular weight excluding hydrogens is 492 g/mol. The van der Waals surface area contributed by atoms with Gasteiger partial charge in [-0.3, -0.25) is 4.79 Å². The van der Waals surface area contributed by atoms with E-state index in [1.807, 2.05) is 29.2 Å². The van der Waals surface area contributed by atoms with E-state index in [-0.39, 0.29) is 17.9 Å². The van der Waals surface area contributed by atoms with Crippen molar-refractivity contribution in [1.29, 1.82) is 0 Å². The van der Waals surface area contributed by atoms with E-state index in [4.69, 9.17) is 14.9 Å². The molecule has 38 heavy (non-hydrogen) atoms. The standard InChI is InChI=1S/C32H36N2O3S/c1-19(2)34(32(35)24-8-6-20(3)7-9-24)27-18-30(38-31(27)21(4)36-5)23-12-10-22(11-13-23)29-17-25-16-26(33)14-15-28(25)37-29/h10-20,24H,4,6-9,33H2,1-3,5H3. The molecule has 1 saturated carbocycles. The number of furan rings is 1. The van der Waals surface area contributed by atoms with Crippen LogP contribution in [0.3, 0.4) is 0 Å². The second kappa shape index (κ2) is 10.7. The maximum absolute atomic E-state index is 13.8. The summed E-state index contributed by atoms with van der Waals surface area (Å²) in [6.07, 6.45) is 4.13. The van der Waals surface area contributed by atoms with E-state index in [2.05, 4.69) is 57.7 Å². The molecule has 2 aromatic carbocycles. The van der Waals surface area contributed by atoms with Crippen LogP contribution in [0.4, 0.5) is 11.4 Å². The molecule has 198 valence electrons. The minimum atomic E-state index is 0.0252. The van der Waals surface area contributed by atoms with Crippen molar-refractivity contribution < 1.29 is 13.9 Å². The largest absolute Gasteiger partial charge is 0.496 e. The van der Waals surface area contributed by atoms with Crippen LogP contribution in [0, 0.1) is 11.8 Å². The average molecular weight is 529 g/mol. The number of fused-ring (bicyclic) bond motifs is 1. The van der Waals surface area contributed by atoms with Gasteiger partial charge in [0, 0.05) is 33.5 Å². The molecule has 0 atom stereocenters. The van der Waals surface area contributed by atoms with Gasteiger partial charge < -0.3 is 19.8 Å². The first-order valence-electron chi connectivity index (χ1n) is 13.3. The maximum Gasteiger partial charge on any atom is 0.230 e. The number of nitrogen functional groups attached to an aromatic ring is 1. The third kappa shape index (κ3) is 5.10. The lowest BCUT2D eigenvalue weighted by Gasteiger charge is -2.33. The minimum Gasteiger partial charge on any atom is -0.496 e. The van der Waals surface area contributed by atoms with E-state index in [1.165, 1.54) is 0 Å². The van der Waals surface area contributed by atoms with Crippen molar-refractivity contribution in [2.45, 2.75) is 52.5 Å². The molecule has 2 aromatic heterocycles. The van der Waals surface area contributed by atoms with Gasteiger partial charge >= 0.3 is 0 Å². The smallest absolute Gasteiger partial charge is 0.230 e. The number of hydrogen-bond donors (Lipinski definition) is 1. The van der Waals surface area contributed by atoms with Crippen molar-refractivity contribution in [3.8, 4) is 21.8 Å².